The monoisotopic (exact) mass is 222 g/mol. The maximum atomic E-state index is 11.4. The van der Waals surface area contributed by atoms with Crippen LogP contribution in [0.5, 0.6) is 0 Å². The Bertz CT molecular complexity index is 340. The van der Waals surface area contributed by atoms with Crippen LogP contribution in [0.2, 0.25) is 0 Å². The maximum Gasteiger partial charge on any atom is 0.367 e. The molecule has 2 atom stereocenters. The Hall–Kier alpha value is -0.660. The van der Waals surface area contributed by atoms with Gasteiger partial charge in [0.05, 0.1) is 13.6 Å². The minimum atomic E-state index is -3.73. The molecule has 1 saturated heterocycles. The zero-order valence-electron chi connectivity index (χ0n) is 8.36. The van der Waals surface area contributed by atoms with E-state index in [-0.39, 0.29) is 9.80 Å². The third-order valence-corrected chi connectivity index (χ3v) is 4.47. The van der Waals surface area contributed by atoms with Crippen molar-refractivity contribution in [2.24, 2.45) is 5.14 Å². The van der Waals surface area contributed by atoms with Gasteiger partial charge in [0, 0.05) is 19.9 Å². The topological polar surface area (TPSA) is 89.3 Å². The number of likely N-dealkylation sites (tertiary alicyclic amines) is 1. The number of nitrogens with two attached hydrogens (primary N) is 1. The van der Waals surface area contributed by atoms with Crippen molar-refractivity contribution in [3.63, 3.8) is 0 Å². The number of likely N-dealkylation sites (N-methyl/N-ethyl adjacent to an activating group) is 2. The van der Waals surface area contributed by atoms with Crippen LogP contribution in [0.4, 0.5) is 0 Å². The van der Waals surface area contributed by atoms with Crippen LogP contribution in [-0.2, 0) is 15.0 Å². The lowest BCUT2D eigenvalue weighted by atomic mass is 10.2. The molecule has 1 amide bonds. The maximum absolute atomic E-state index is 11.4. The summed E-state index contributed by atoms with van der Waals surface area (Å²) in [6.07, 6.45) is 1.26. The molecule has 1 aliphatic rings. The third-order valence-electron chi connectivity index (χ3n) is 2.87. The molecular formula is C7H16N3O3S+. The highest BCUT2D eigenvalue weighted by Gasteiger charge is 2.50. The number of nitrogens with zero attached hydrogens (tertiary/aromatic N) is 1. The van der Waals surface area contributed by atoms with Gasteiger partial charge in [0.15, 0.2) is 6.04 Å². The van der Waals surface area contributed by atoms with Crippen molar-refractivity contribution in [3.8, 4) is 0 Å². The SMILES string of the molecule is CNC(=O)[C@H]1CCC[N+]1(C)S(N)(=O)=O. The molecule has 1 heterocycles. The van der Waals surface area contributed by atoms with E-state index in [1.54, 1.807) is 0 Å². The number of hydrogen-bond acceptors (Lipinski definition) is 3. The molecule has 0 aliphatic carbocycles. The molecule has 0 aromatic carbocycles. The standard InChI is InChI=1S/C7H15N3O3S/c1-9-7(11)6-4-3-5-10(6,2)14(8,12)13/h6H,3-5H2,1-2H3,(H2-,8,9,11,12,13)/p+1/t6-,10?/m1/s1. The Kier molecular flexibility index (Phi) is 2.84. The molecule has 0 saturated carbocycles. The van der Waals surface area contributed by atoms with Crippen LogP contribution in [0.15, 0.2) is 0 Å². The van der Waals surface area contributed by atoms with Crippen LogP contribution in [0.25, 0.3) is 0 Å². The number of quaternary nitrogens is 1. The van der Waals surface area contributed by atoms with Gasteiger partial charge in [-0.3, -0.25) is 4.79 Å². The van der Waals surface area contributed by atoms with Crippen molar-refractivity contribution >= 4 is 16.1 Å². The minimum Gasteiger partial charge on any atom is -0.354 e. The fourth-order valence-electron chi connectivity index (χ4n) is 1.88. The zero-order valence-corrected chi connectivity index (χ0v) is 9.17. The van der Waals surface area contributed by atoms with E-state index in [0.717, 1.165) is 0 Å². The molecule has 0 spiro atoms. The van der Waals surface area contributed by atoms with Crippen molar-refractivity contribution in [3.05, 3.63) is 0 Å². The Morgan fingerprint density at radius 1 is 1.57 bits per heavy atom. The zero-order chi connectivity index (χ0) is 11.0. The lowest BCUT2D eigenvalue weighted by molar-refractivity contribution is -0.788. The first kappa shape index (κ1) is 11.4. The van der Waals surface area contributed by atoms with Crippen LogP contribution < -0.4 is 10.5 Å². The van der Waals surface area contributed by atoms with Crippen molar-refractivity contribution < 1.29 is 17.1 Å². The summed E-state index contributed by atoms with van der Waals surface area (Å²) >= 11 is 0. The average Bonchev–Trinajstić information content (AvgIpc) is 2.46. The number of carbonyl (C=O) groups is 1. The lowest BCUT2D eigenvalue weighted by Crippen LogP contribution is -2.60. The number of carbonyl (C=O) groups excluding carboxylic acids is 1. The quantitative estimate of drug-likeness (QED) is 0.560. The first-order valence-corrected chi connectivity index (χ1v) is 5.93. The van der Waals surface area contributed by atoms with E-state index in [0.29, 0.717) is 19.4 Å². The van der Waals surface area contributed by atoms with Gasteiger partial charge < -0.3 is 5.32 Å². The molecule has 14 heavy (non-hydrogen) atoms. The fraction of sp³-hybridized carbons (Fsp3) is 0.857. The summed E-state index contributed by atoms with van der Waals surface area (Å²) < 4.78 is 22.3. The Morgan fingerprint density at radius 2 is 2.14 bits per heavy atom. The van der Waals surface area contributed by atoms with Gasteiger partial charge in [0.25, 0.3) is 5.91 Å². The number of hydrogen-bond donors (Lipinski definition) is 2. The molecule has 6 nitrogen and oxygen atoms in total. The van der Waals surface area contributed by atoms with Gasteiger partial charge in [-0.25, -0.2) is 0 Å². The smallest absolute Gasteiger partial charge is 0.354 e. The van der Waals surface area contributed by atoms with E-state index in [2.05, 4.69) is 5.32 Å². The highest BCUT2D eigenvalue weighted by molar-refractivity contribution is 7.83. The van der Waals surface area contributed by atoms with Crippen LogP contribution in [-0.4, -0.2) is 44.9 Å². The first-order valence-electron chi connectivity index (χ1n) is 4.42. The van der Waals surface area contributed by atoms with Gasteiger partial charge in [-0.15, -0.1) is 0 Å². The largest absolute Gasteiger partial charge is 0.367 e. The molecule has 1 fully saturated rings. The summed E-state index contributed by atoms with van der Waals surface area (Å²) in [7, 11) is -0.747. The molecule has 0 aromatic rings. The third kappa shape index (κ3) is 1.62. The summed E-state index contributed by atoms with van der Waals surface area (Å²) in [6.45, 7) is 0.400. The predicted octanol–water partition coefficient (Wildman–Crippen LogP) is -1.46. The highest BCUT2D eigenvalue weighted by Crippen LogP contribution is 2.27. The molecule has 3 N–H and O–H groups in total. The number of rotatable bonds is 2. The molecule has 0 bridgehead atoms. The fourth-order valence-corrected chi connectivity index (χ4v) is 2.82. The van der Waals surface area contributed by atoms with Gasteiger partial charge in [-0.2, -0.15) is 17.4 Å². The van der Waals surface area contributed by atoms with Crippen molar-refractivity contribution in [1.29, 1.82) is 0 Å². The molecule has 1 aliphatic heterocycles. The Morgan fingerprint density at radius 3 is 2.57 bits per heavy atom. The number of amides is 1. The first-order chi connectivity index (χ1) is 6.33. The van der Waals surface area contributed by atoms with Gasteiger partial charge >= 0.3 is 10.2 Å². The van der Waals surface area contributed by atoms with Crippen LogP contribution >= 0.6 is 0 Å². The molecule has 0 radical (unpaired) electrons. The van der Waals surface area contributed by atoms with Gasteiger partial charge in [-0.1, -0.05) is 0 Å². The van der Waals surface area contributed by atoms with E-state index in [1.165, 1.54) is 14.1 Å². The van der Waals surface area contributed by atoms with Gasteiger partial charge in [0.2, 0.25) is 0 Å². The van der Waals surface area contributed by atoms with Crippen molar-refractivity contribution in [2.75, 3.05) is 20.6 Å². The highest BCUT2D eigenvalue weighted by atomic mass is 32.2. The molecular weight excluding hydrogens is 206 g/mol. The second-order valence-corrected chi connectivity index (χ2v) is 5.55. The lowest BCUT2D eigenvalue weighted by Gasteiger charge is -2.30. The Balaban J connectivity index is 3.04. The summed E-state index contributed by atoms with van der Waals surface area (Å²) in [5.74, 6) is -0.265. The Labute approximate surface area is 83.8 Å². The molecule has 1 rings (SSSR count). The van der Waals surface area contributed by atoms with Crippen LogP contribution in [0.1, 0.15) is 12.8 Å². The van der Waals surface area contributed by atoms with Crippen LogP contribution in [0.3, 0.4) is 0 Å². The van der Waals surface area contributed by atoms with Gasteiger partial charge in [0.1, 0.15) is 0 Å². The summed E-state index contributed by atoms with van der Waals surface area (Å²) in [4.78, 5) is 11.4. The minimum absolute atomic E-state index is 0.265. The summed E-state index contributed by atoms with van der Waals surface area (Å²) in [5, 5.41) is 7.58. The van der Waals surface area contributed by atoms with E-state index >= 15 is 0 Å². The van der Waals surface area contributed by atoms with Crippen molar-refractivity contribution in [1.82, 2.24) is 5.32 Å². The van der Waals surface area contributed by atoms with E-state index in [1.807, 2.05) is 0 Å². The summed E-state index contributed by atoms with van der Waals surface area (Å²) in [5.41, 5.74) is 0. The molecule has 82 valence electrons. The van der Waals surface area contributed by atoms with E-state index in [9.17, 15) is 13.2 Å². The second-order valence-electron chi connectivity index (χ2n) is 3.68. The molecule has 0 aromatic heterocycles. The predicted molar refractivity (Wildman–Crippen MR) is 51.2 cm³/mol. The average molecular weight is 222 g/mol. The molecule has 1 unspecified atom stereocenters. The summed E-state index contributed by atoms with van der Waals surface area (Å²) in [6, 6.07) is -0.574. The molecule has 7 heteroatoms. The normalized spacial score (nSPS) is 32.9. The van der Waals surface area contributed by atoms with E-state index in [4.69, 9.17) is 5.14 Å². The number of nitrogens with one attached hydrogen (secondary N) is 1. The second kappa shape index (κ2) is 3.48. The van der Waals surface area contributed by atoms with E-state index < -0.39 is 16.3 Å². The van der Waals surface area contributed by atoms with Gasteiger partial charge in [-0.05, 0) is 0 Å². The van der Waals surface area contributed by atoms with Crippen molar-refractivity contribution in [2.45, 2.75) is 18.9 Å². The van der Waals surface area contributed by atoms with Crippen LogP contribution in [0, 0.1) is 0 Å².